The van der Waals surface area contributed by atoms with E-state index in [2.05, 4.69) is 28.1 Å². The molecular weight excluding hydrogens is 362 g/mol. The number of hydrogen-bond acceptors (Lipinski definition) is 5. The first kappa shape index (κ1) is 17.2. The van der Waals surface area contributed by atoms with Crippen molar-refractivity contribution in [3.05, 3.63) is 67.4 Å². The zero-order valence-corrected chi connectivity index (χ0v) is 16.2. The van der Waals surface area contributed by atoms with Crippen molar-refractivity contribution in [2.24, 2.45) is 7.05 Å². The quantitative estimate of drug-likeness (QED) is 0.471. The highest BCUT2D eigenvalue weighted by molar-refractivity contribution is 5.89. The van der Waals surface area contributed by atoms with E-state index in [0.29, 0.717) is 5.82 Å². The van der Waals surface area contributed by atoms with Crippen LogP contribution in [-0.2, 0) is 13.6 Å². The monoisotopic (exact) mass is 381 g/mol. The van der Waals surface area contributed by atoms with Crippen molar-refractivity contribution in [2.75, 3.05) is 0 Å². The zero-order chi connectivity index (χ0) is 19.8. The Bertz CT molecular complexity index is 1300. The Morgan fingerprint density at radius 2 is 1.83 bits per heavy atom. The van der Waals surface area contributed by atoms with Crippen molar-refractivity contribution in [3.8, 4) is 33.9 Å². The highest BCUT2D eigenvalue weighted by Crippen LogP contribution is 2.29. The van der Waals surface area contributed by atoms with Gasteiger partial charge in [0.1, 0.15) is 11.2 Å². The summed E-state index contributed by atoms with van der Waals surface area (Å²) < 4.78 is 3.83. The van der Waals surface area contributed by atoms with E-state index in [0.717, 1.165) is 45.8 Å². The summed E-state index contributed by atoms with van der Waals surface area (Å²) in [7, 11) is 1.91. The minimum atomic E-state index is 0.657. The summed E-state index contributed by atoms with van der Waals surface area (Å²) in [6.45, 7) is 2.86. The molecule has 0 saturated carbocycles. The smallest absolute Gasteiger partial charge is 0.164 e. The Kier molecular flexibility index (Phi) is 4.13. The summed E-state index contributed by atoms with van der Waals surface area (Å²) in [6, 6.07) is 14.0. The number of aromatic nitrogens is 7. The van der Waals surface area contributed by atoms with Crippen LogP contribution < -0.4 is 0 Å². The van der Waals surface area contributed by atoms with Gasteiger partial charge < -0.3 is 4.57 Å². The molecule has 0 saturated heterocycles. The van der Waals surface area contributed by atoms with Crippen LogP contribution in [0.1, 0.15) is 6.92 Å². The van der Waals surface area contributed by atoms with Crippen LogP contribution in [-0.4, -0.2) is 34.3 Å². The summed E-state index contributed by atoms with van der Waals surface area (Å²) in [6.07, 6.45) is 7.31. The second kappa shape index (κ2) is 6.94. The van der Waals surface area contributed by atoms with Gasteiger partial charge in [0.25, 0.3) is 0 Å². The molecule has 1 aromatic carbocycles. The Hall–Kier alpha value is -3.87. The molecule has 7 heteroatoms. The van der Waals surface area contributed by atoms with E-state index in [-0.39, 0.29) is 0 Å². The van der Waals surface area contributed by atoms with E-state index in [9.17, 15) is 0 Å². The van der Waals surface area contributed by atoms with E-state index >= 15 is 0 Å². The van der Waals surface area contributed by atoms with Crippen LogP contribution >= 0.6 is 0 Å². The lowest BCUT2D eigenvalue weighted by molar-refractivity contribution is 0.771. The molecule has 0 amide bonds. The van der Waals surface area contributed by atoms with Crippen molar-refractivity contribution < 1.29 is 0 Å². The molecule has 0 N–H and O–H groups in total. The van der Waals surface area contributed by atoms with Crippen molar-refractivity contribution >= 4 is 11.2 Å². The number of benzene rings is 1. The number of hydrogen-bond donors (Lipinski definition) is 0. The molecule has 142 valence electrons. The average molecular weight is 381 g/mol. The summed E-state index contributed by atoms with van der Waals surface area (Å²) in [5.41, 5.74) is 6.19. The number of imidazole rings is 1. The maximum atomic E-state index is 4.88. The summed E-state index contributed by atoms with van der Waals surface area (Å²) >= 11 is 0. The standard InChI is InChI=1S/C22H19N7/c1-3-29-14-24-20-19(17-8-5-10-23-13-17)25-21(26-22(20)29)16-7-4-6-15(12-16)18-9-11-28(2)27-18/h4-14H,3H2,1-2H3. The molecule has 0 atom stereocenters. The topological polar surface area (TPSA) is 74.3 Å². The number of nitrogens with zero attached hydrogens (tertiary/aromatic N) is 7. The Labute approximate surface area is 167 Å². The molecule has 0 fully saturated rings. The van der Waals surface area contributed by atoms with E-state index in [4.69, 9.17) is 9.97 Å². The number of rotatable bonds is 4. The largest absolute Gasteiger partial charge is 0.315 e. The molecule has 0 spiro atoms. The summed E-state index contributed by atoms with van der Waals surface area (Å²) in [4.78, 5) is 18.5. The first-order valence-electron chi connectivity index (χ1n) is 9.46. The van der Waals surface area contributed by atoms with Gasteiger partial charge in [0.05, 0.1) is 12.0 Å². The number of aryl methyl sites for hydroxylation is 2. The van der Waals surface area contributed by atoms with Gasteiger partial charge in [-0.15, -0.1) is 0 Å². The van der Waals surface area contributed by atoms with Gasteiger partial charge in [0.15, 0.2) is 11.5 Å². The lowest BCUT2D eigenvalue weighted by Crippen LogP contribution is -1.99. The molecule has 0 aliphatic heterocycles. The van der Waals surface area contributed by atoms with Crippen LogP contribution in [0.15, 0.2) is 67.4 Å². The van der Waals surface area contributed by atoms with Crippen LogP contribution in [0.2, 0.25) is 0 Å². The van der Waals surface area contributed by atoms with Gasteiger partial charge in [-0.3, -0.25) is 9.67 Å². The third-order valence-corrected chi connectivity index (χ3v) is 4.87. The van der Waals surface area contributed by atoms with Crippen LogP contribution in [0.3, 0.4) is 0 Å². The molecular formula is C22H19N7. The van der Waals surface area contributed by atoms with Gasteiger partial charge in [-0.05, 0) is 31.2 Å². The Morgan fingerprint density at radius 3 is 2.59 bits per heavy atom. The van der Waals surface area contributed by atoms with Crippen molar-refractivity contribution in [1.29, 1.82) is 0 Å². The van der Waals surface area contributed by atoms with Crippen LogP contribution in [0.5, 0.6) is 0 Å². The van der Waals surface area contributed by atoms with Gasteiger partial charge in [0.2, 0.25) is 0 Å². The fourth-order valence-corrected chi connectivity index (χ4v) is 3.40. The van der Waals surface area contributed by atoms with Crippen molar-refractivity contribution in [1.82, 2.24) is 34.3 Å². The van der Waals surface area contributed by atoms with Crippen molar-refractivity contribution in [3.63, 3.8) is 0 Å². The Morgan fingerprint density at radius 1 is 0.966 bits per heavy atom. The van der Waals surface area contributed by atoms with Crippen molar-refractivity contribution in [2.45, 2.75) is 13.5 Å². The average Bonchev–Trinajstić information content (AvgIpc) is 3.39. The molecule has 0 unspecified atom stereocenters. The fourth-order valence-electron chi connectivity index (χ4n) is 3.40. The predicted octanol–water partition coefficient (Wildman–Crippen LogP) is 3.98. The lowest BCUT2D eigenvalue weighted by Gasteiger charge is -2.08. The third kappa shape index (κ3) is 3.06. The first-order valence-corrected chi connectivity index (χ1v) is 9.46. The molecule has 29 heavy (non-hydrogen) atoms. The normalized spacial score (nSPS) is 11.2. The second-order valence-electron chi connectivity index (χ2n) is 6.80. The molecule has 0 bridgehead atoms. The maximum Gasteiger partial charge on any atom is 0.164 e. The number of pyridine rings is 1. The fraction of sp³-hybridized carbons (Fsp3) is 0.136. The van der Waals surface area contributed by atoms with Gasteiger partial charge in [-0.1, -0.05) is 18.2 Å². The molecule has 7 nitrogen and oxygen atoms in total. The minimum absolute atomic E-state index is 0.657. The van der Waals surface area contributed by atoms with E-state index in [1.807, 2.05) is 60.5 Å². The van der Waals surface area contributed by atoms with Crippen LogP contribution in [0.25, 0.3) is 45.1 Å². The zero-order valence-electron chi connectivity index (χ0n) is 16.2. The predicted molar refractivity (Wildman–Crippen MR) is 112 cm³/mol. The van der Waals surface area contributed by atoms with Gasteiger partial charge in [-0.25, -0.2) is 15.0 Å². The highest BCUT2D eigenvalue weighted by atomic mass is 15.2. The van der Waals surface area contributed by atoms with Gasteiger partial charge in [-0.2, -0.15) is 5.10 Å². The highest BCUT2D eigenvalue weighted by Gasteiger charge is 2.16. The first-order chi connectivity index (χ1) is 14.2. The van der Waals surface area contributed by atoms with E-state index in [1.54, 1.807) is 17.1 Å². The molecule has 0 aliphatic carbocycles. The van der Waals surface area contributed by atoms with E-state index in [1.165, 1.54) is 0 Å². The molecule has 0 aliphatic rings. The van der Waals surface area contributed by atoms with Crippen LogP contribution in [0, 0.1) is 0 Å². The minimum Gasteiger partial charge on any atom is -0.315 e. The Balaban J connectivity index is 1.71. The number of fused-ring (bicyclic) bond motifs is 1. The molecule has 4 aromatic heterocycles. The van der Waals surface area contributed by atoms with Crippen LogP contribution in [0.4, 0.5) is 0 Å². The van der Waals surface area contributed by atoms with Gasteiger partial charge in [0, 0.05) is 48.9 Å². The third-order valence-electron chi connectivity index (χ3n) is 4.87. The molecule has 5 rings (SSSR count). The summed E-state index contributed by atoms with van der Waals surface area (Å²) in [5, 5.41) is 4.50. The summed E-state index contributed by atoms with van der Waals surface area (Å²) in [5.74, 6) is 0.657. The molecule has 4 heterocycles. The maximum absolute atomic E-state index is 4.88. The van der Waals surface area contributed by atoms with Gasteiger partial charge >= 0.3 is 0 Å². The lowest BCUT2D eigenvalue weighted by atomic mass is 10.1. The second-order valence-corrected chi connectivity index (χ2v) is 6.80. The molecule has 0 radical (unpaired) electrons. The molecule has 5 aromatic rings. The SMILES string of the molecule is CCn1cnc2c(-c3cccnc3)nc(-c3cccc(-c4ccn(C)n4)c3)nc21. The van der Waals surface area contributed by atoms with E-state index < -0.39 is 0 Å².